The number of hydrogen-bond acceptors (Lipinski definition) is 8. The molecule has 0 radical (unpaired) electrons. The number of rotatable bonds is 6. The summed E-state index contributed by atoms with van der Waals surface area (Å²) in [5.41, 5.74) is 4.96. The van der Waals surface area contributed by atoms with Crippen molar-refractivity contribution in [3.8, 4) is 23.0 Å². The number of nitrogens with zero attached hydrogens (tertiary/aromatic N) is 4. The molecule has 170 valence electrons. The van der Waals surface area contributed by atoms with Crippen LogP contribution in [-0.4, -0.2) is 31.4 Å². The SMILES string of the molecule is CSc1nc(N)cc(Oc2cccc(-c3nnc(Nc4ccc(F)c(C(F)(F)F)c4)[nH]3)c2)n1. The van der Waals surface area contributed by atoms with Crippen molar-refractivity contribution in [2.24, 2.45) is 0 Å². The average molecular weight is 477 g/mol. The Hall–Kier alpha value is -3.87. The van der Waals surface area contributed by atoms with E-state index < -0.39 is 17.6 Å². The number of anilines is 3. The summed E-state index contributed by atoms with van der Waals surface area (Å²) in [6, 6.07) is 10.9. The van der Waals surface area contributed by atoms with E-state index >= 15 is 0 Å². The van der Waals surface area contributed by atoms with Crippen LogP contribution in [0.5, 0.6) is 11.6 Å². The second-order valence-electron chi connectivity index (χ2n) is 6.59. The Kier molecular flexibility index (Phi) is 6.05. The molecule has 0 saturated carbocycles. The minimum absolute atomic E-state index is 0.00513. The zero-order chi connectivity index (χ0) is 23.6. The summed E-state index contributed by atoms with van der Waals surface area (Å²) in [4.78, 5) is 11.1. The van der Waals surface area contributed by atoms with E-state index in [1.807, 2.05) is 6.26 Å². The van der Waals surface area contributed by atoms with Gasteiger partial charge in [0.15, 0.2) is 11.0 Å². The molecule has 0 spiro atoms. The minimum Gasteiger partial charge on any atom is -0.439 e. The number of nitrogen functional groups attached to an aromatic ring is 1. The predicted octanol–water partition coefficient (Wildman–Crippen LogP) is 5.26. The standard InChI is InChI=1S/C20H15F4N7OS/c1-33-19-27-15(25)9-16(28-19)32-12-4-2-3-10(7-12)17-29-18(31-30-17)26-11-5-6-14(21)13(8-11)20(22,23)24/h2-9H,1H3,(H2,25,27,28)(H2,26,29,30,31). The number of nitrogens with two attached hydrogens (primary N) is 1. The highest BCUT2D eigenvalue weighted by atomic mass is 32.2. The summed E-state index contributed by atoms with van der Waals surface area (Å²) in [6.07, 6.45) is -3.01. The van der Waals surface area contributed by atoms with Crippen LogP contribution in [0.2, 0.25) is 0 Å². The van der Waals surface area contributed by atoms with Gasteiger partial charge < -0.3 is 20.8 Å². The third kappa shape index (κ3) is 5.31. The second kappa shape index (κ2) is 8.94. The van der Waals surface area contributed by atoms with Crippen molar-refractivity contribution in [1.29, 1.82) is 0 Å². The molecule has 2 aromatic heterocycles. The first-order chi connectivity index (χ1) is 15.7. The number of ether oxygens (including phenoxy) is 1. The molecule has 4 aromatic rings. The zero-order valence-corrected chi connectivity index (χ0v) is 17.6. The minimum atomic E-state index is -4.82. The molecular formula is C20H15F4N7OS. The number of aromatic nitrogens is 5. The zero-order valence-electron chi connectivity index (χ0n) is 16.8. The highest BCUT2D eigenvalue weighted by Crippen LogP contribution is 2.33. The number of benzene rings is 2. The third-order valence-corrected chi connectivity index (χ3v) is 4.78. The second-order valence-corrected chi connectivity index (χ2v) is 7.36. The van der Waals surface area contributed by atoms with E-state index in [0.29, 0.717) is 28.4 Å². The molecular weight excluding hydrogens is 462 g/mol. The van der Waals surface area contributed by atoms with Crippen LogP contribution >= 0.6 is 11.8 Å². The van der Waals surface area contributed by atoms with Crippen molar-refractivity contribution in [2.75, 3.05) is 17.3 Å². The van der Waals surface area contributed by atoms with Crippen LogP contribution in [0.25, 0.3) is 11.4 Å². The molecule has 8 nitrogen and oxygen atoms in total. The lowest BCUT2D eigenvalue weighted by Crippen LogP contribution is -2.08. The topological polar surface area (TPSA) is 115 Å². The number of nitrogens with one attached hydrogen (secondary N) is 2. The number of thioether (sulfide) groups is 1. The molecule has 0 atom stereocenters. The lowest BCUT2D eigenvalue weighted by Gasteiger charge is -2.10. The van der Waals surface area contributed by atoms with Gasteiger partial charge in [0.25, 0.3) is 0 Å². The lowest BCUT2D eigenvalue weighted by molar-refractivity contribution is -0.139. The Balaban J connectivity index is 1.53. The summed E-state index contributed by atoms with van der Waals surface area (Å²) in [7, 11) is 0. The fraction of sp³-hybridized carbons (Fsp3) is 0.100. The van der Waals surface area contributed by atoms with Crippen molar-refractivity contribution >= 4 is 29.2 Å². The van der Waals surface area contributed by atoms with Gasteiger partial charge in [0.05, 0.1) is 5.56 Å². The van der Waals surface area contributed by atoms with Crippen LogP contribution in [-0.2, 0) is 6.18 Å². The Bertz CT molecular complexity index is 1300. The average Bonchev–Trinajstić information content (AvgIpc) is 3.22. The van der Waals surface area contributed by atoms with E-state index in [1.165, 1.54) is 17.8 Å². The van der Waals surface area contributed by atoms with Crippen LogP contribution in [0, 0.1) is 5.82 Å². The van der Waals surface area contributed by atoms with Crippen molar-refractivity contribution in [3.63, 3.8) is 0 Å². The monoisotopic (exact) mass is 477 g/mol. The van der Waals surface area contributed by atoms with E-state index in [1.54, 1.807) is 24.3 Å². The van der Waals surface area contributed by atoms with Gasteiger partial charge in [-0.15, -0.1) is 10.2 Å². The number of aromatic amines is 1. The molecule has 0 unspecified atom stereocenters. The normalized spacial score (nSPS) is 11.4. The molecule has 33 heavy (non-hydrogen) atoms. The fourth-order valence-corrected chi connectivity index (χ4v) is 3.18. The summed E-state index contributed by atoms with van der Waals surface area (Å²) in [5, 5.41) is 11.0. The van der Waals surface area contributed by atoms with Crippen LogP contribution in [0.3, 0.4) is 0 Å². The molecule has 0 bridgehead atoms. The van der Waals surface area contributed by atoms with Crippen molar-refractivity contribution in [3.05, 3.63) is 59.9 Å². The van der Waals surface area contributed by atoms with E-state index in [0.717, 1.165) is 12.1 Å². The summed E-state index contributed by atoms with van der Waals surface area (Å²) in [6.45, 7) is 0. The molecule has 13 heteroatoms. The molecule has 4 rings (SSSR count). The van der Waals surface area contributed by atoms with Gasteiger partial charge in [-0.2, -0.15) is 18.2 Å². The third-order valence-electron chi connectivity index (χ3n) is 4.24. The van der Waals surface area contributed by atoms with E-state index in [4.69, 9.17) is 10.5 Å². The van der Waals surface area contributed by atoms with Crippen molar-refractivity contribution < 1.29 is 22.3 Å². The summed E-state index contributed by atoms with van der Waals surface area (Å²) >= 11 is 1.32. The van der Waals surface area contributed by atoms with Gasteiger partial charge in [-0.25, -0.2) is 9.37 Å². The molecule has 2 heterocycles. The molecule has 0 amide bonds. The quantitative estimate of drug-likeness (QED) is 0.196. The number of hydrogen-bond donors (Lipinski definition) is 3. The highest BCUT2D eigenvalue weighted by molar-refractivity contribution is 7.98. The first kappa shape index (κ1) is 22.3. The van der Waals surface area contributed by atoms with Crippen LogP contribution in [0.4, 0.5) is 35.0 Å². The van der Waals surface area contributed by atoms with Gasteiger partial charge in [0, 0.05) is 17.3 Å². The Morgan fingerprint density at radius 2 is 1.88 bits per heavy atom. The number of halogens is 4. The van der Waals surface area contributed by atoms with Crippen LogP contribution in [0.15, 0.2) is 53.7 Å². The van der Waals surface area contributed by atoms with Crippen LogP contribution in [0.1, 0.15) is 5.56 Å². The number of H-pyrrole nitrogens is 1. The van der Waals surface area contributed by atoms with Gasteiger partial charge in [0.1, 0.15) is 17.4 Å². The van der Waals surface area contributed by atoms with E-state index in [9.17, 15) is 17.6 Å². The molecule has 0 aliphatic heterocycles. The maximum atomic E-state index is 13.5. The first-order valence-corrected chi connectivity index (χ1v) is 10.5. The van der Waals surface area contributed by atoms with Gasteiger partial charge in [-0.05, 0) is 36.6 Å². The van der Waals surface area contributed by atoms with Gasteiger partial charge in [0.2, 0.25) is 11.8 Å². The molecule has 4 N–H and O–H groups in total. The maximum Gasteiger partial charge on any atom is 0.419 e. The molecule has 0 aliphatic carbocycles. The van der Waals surface area contributed by atoms with Crippen molar-refractivity contribution in [1.82, 2.24) is 25.1 Å². The molecule has 0 fully saturated rings. The molecule has 0 saturated heterocycles. The maximum absolute atomic E-state index is 13.5. The Labute approximate surface area is 188 Å². The smallest absolute Gasteiger partial charge is 0.419 e. The summed E-state index contributed by atoms with van der Waals surface area (Å²) < 4.78 is 58.0. The van der Waals surface area contributed by atoms with Gasteiger partial charge in [-0.1, -0.05) is 23.9 Å². The Morgan fingerprint density at radius 3 is 2.64 bits per heavy atom. The largest absolute Gasteiger partial charge is 0.439 e. The Morgan fingerprint density at radius 1 is 1.06 bits per heavy atom. The van der Waals surface area contributed by atoms with E-state index in [2.05, 4.69) is 30.5 Å². The van der Waals surface area contributed by atoms with Gasteiger partial charge in [-0.3, -0.25) is 0 Å². The fourth-order valence-electron chi connectivity index (χ4n) is 2.80. The van der Waals surface area contributed by atoms with Gasteiger partial charge >= 0.3 is 6.18 Å². The lowest BCUT2D eigenvalue weighted by atomic mass is 10.2. The predicted molar refractivity (Wildman–Crippen MR) is 115 cm³/mol. The molecule has 0 aliphatic rings. The summed E-state index contributed by atoms with van der Waals surface area (Å²) in [5.74, 6) is 0.00844. The number of alkyl halides is 3. The highest BCUT2D eigenvalue weighted by Gasteiger charge is 2.34. The van der Waals surface area contributed by atoms with E-state index in [-0.39, 0.29) is 23.3 Å². The van der Waals surface area contributed by atoms with Crippen molar-refractivity contribution in [2.45, 2.75) is 11.3 Å². The van der Waals surface area contributed by atoms with Crippen LogP contribution < -0.4 is 15.8 Å². The first-order valence-electron chi connectivity index (χ1n) is 9.24. The molecule has 2 aromatic carbocycles.